The molecule has 8 fully saturated rings. The van der Waals surface area contributed by atoms with Crippen molar-refractivity contribution in [2.24, 2.45) is 39.9 Å². The Morgan fingerprint density at radius 3 is 2.21 bits per heavy atom. The fourth-order valence-electron chi connectivity index (χ4n) is 11.0. The lowest BCUT2D eigenvalue weighted by atomic mass is 9.35. The molecule has 6 atom stereocenters. The molecule has 0 amide bonds. The molecule has 1 saturated heterocycles. The first-order valence-corrected chi connectivity index (χ1v) is 16.5. The molecule has 7 aliphatic carbocycles. The molecule has 2 N–H and O–H groups in total. The molecule has 0 aromatic rings. The summed E-state index contributed by atoms with van der Waals surface area (Å²) in [6.07, 6.45) is 10.1. The van der Waals surface area contributed by atoms with E-state index in [1.54, 1.807) is 6.92 Å². The molecule has 10 heteroatoms. The lowest BCUT2D eigenvalue weighted by molar-refractivity contribution is -0.311. The van der Waals surface area contributed by atoms with Crippen LogP contribution in [-0.4, -0.2) is 78.6 Å². The second-order valence-electron chi connectivity index (χ2n) is 15.8. The van der Waals surface area contributed by atoms with Gasteiger partial charge in [-0.15, -0.1) is 0 Å². The summed E-state index contributed by atoms with van der Waals surface area (Å²) in [6, 6.07) is 0. The standard InChI is InChI=1S/C33H48O10/c1-28(9-7-25(34)39-2)42-19-29(20-43-28,18-41-27(36)30-10-21-12-31(37,16-30)13-22(21)11-30)17-40-26(35)6-5-24-15-32(38)14-23-4-3-8-33(23,24)32/h21-24,37-38H,3-20H2,1-2H3. The molecule has 7 saturated carbocycles. The van der Waals surface area contributed by atoms with Gasteiger partial charge < -0.3 is 33.9 Å². The molecule has 10 nitrogen and oxygen atoms in total. The first-order valence-electron chi connectivity index (χ1n) is 16.5. The van der Waals surface area contributed by atoms with Gasteiger partial charge in [-0.25, -0.2) is 0 Å². The Kier molecular flexibility index (Phi) is 7.05. The Morgan fingerprint density at radius 2 is 1.58 bits per heavy atom. The van der Waals surface area contributed by atoms with Gasteiger partial charge in [0.25, 0.3) is 0 Å². The predicted molar refractivity (Wildman–Crippen MR) is 150 cm³/mol. The normalized spacial score (nSPS) is 48.6. The van der Waals surface area contributed by atoms with Crippen LogP contribution in [0.25, 0.3) is 0 Å². The van der Waals surface area contributed by atoms with Gasteiger partial charge in [0.2, 0.25) is 0 Å². The van der Waals surface area contributed by atoms with Crippen molar-refractivity contribution >= 4 is 17.9 Å². The van der Waals surface area contributed by atoms with Crippen LogP contribution in [0.4, 0.5) is 0 Å². The van der Waals surface area contributed by atoms with Gasteiger partial charge in [0.05, 0.1) is 48.8 Å². The number of aliphatic hydroxyl groups is 2. The number of esters is 3. The third kappa shape index (κ3) is 4.76. The Bertz CT molecular complexity index is 1140. The van der Waals surface area contributed by atoms with E-state index >= 15 is 0 Å². The minimum absolute atomic E-state index is 0.0171. The zero-order valence-electron chi connectivity index (χ0n) is 25.7. The lowest BCUT2D eigenvalue weighted by Crippen LogP contribution is -2.73. The van der Waals surface area contributed by atoms with Crippen LogP contribution in [0.3, 0.4) is 0 Å². The second-order valence-corrected chi connectivity index (χ2v) is 15.8. The first-order chi connectivity index (χ1) is 20.4. The second kappa shape index (κ2) is 10.1. The summed E-state index contributed by atoms with van der Waals surface area (Å²) in [5.74, 6) is -0.247. The monoisotopic (exact) mass is 604 g/mol. The molecule has 0 aromatic heterocycles. The maximum atomic E-state index is 13.5. The van der Waals surface area contributed by atoms with E-state index in [4.69, 9.17) is 23.7 Å². The number of ether oxygens (including phenoxy) is 5. The third-order valence-corrected chi connectivity index (χ3v) is 13.1. The highest BCUT2D eigenvalue weighted by Gasteiger charge is 2.76. The number of hydrogen-bond acceptors (Lipinski definition) is 10. The van der Waals surface area contributed by atoms with Crippen molar-refractivity contribution in [1.29, 1.82) is 0 Å². The maximum Gasteiger partial charge on any atom is 0.312 e. The number of carbonyl (C=O) groups is 3. The Labute approximate surface area is 253 Å². The molecule has 43 heavy (non-hydrogen) atoms. The van der Waals surface area contributed by atoms with Crippen LogP contribution in [0.2, 0.25) is 0 Å². The molecule has 8 rings (SSSR count). The molecular weight excluding hydrogens is 556 g/mol. The number of rotatable bonds is 11. The lowest BCUT2D eigenvalue weighted by Gasteiger charge is -2.72. The zero-order chi connectivity index (χ0) is 30.3. The third-order valence-electron chi connectivity index (χ3n) is 13.1. The quantitative estimate of drug-likeness (QED) is 0.266. The van der Waals surface area contributed by atoms with Gasteiger partial charge in [-0.1, -0.05) is 6.42 Å². The van der Waals surface area contributed by atoms with Gasteiger partial charge in [-0.05, 0) is 94.8 Å². The van der Waals surface area contributed by atoms with Crippen LogP contribution < -0.4 is 0 Å². The van der Waals surface area contributed by atoms with E-state index in [0.29, 0.717) is 42.9 Å². The highest BCUT2D eigenvalue weighted by molar-refractivity contribution is 5.78. The molecule has 1 spiro atoms. The van der Waals surface area contributed by atoms with Gasteiger partial charge in [-0.2, -0.15) is 0 Å². The summed E-state index contributed by atoms with van der Waals surface area (Å²) in [5.41, 5.74) is -2.79. The average molecular weight is 605 g/mol. The van der Waals surface area contributed by atoms with Gasteiger partial charge in [0.15, 0.2) is 5.79 Å². The fourth-order valence-corrected chi connectivity index (χ4v) is 11.0. The summed E-state index contributed by atoms with van der Waals surface area (Å²) in [7, 11) is 1.34. The minimum Gasteiger partial charge on any atom is -0.469 e. The van der Waals surface area contributed by atoms with Crippen LogP contribution in [0, 0.1) is 39.9 Å². The molecule has 8 aliphatic rings. The van der Waals surface area contributed by atoms with Gasteiger partial charge in [0.1, 0.15) is 13.2 Å². The maximum absolute atomic E-state index is 13.5. The molecule has 0 aromatic carbocycles. The van der Waals surface area contributed by atoms with Crippen molar-refractivity contribution in [1.82, 2.24) is 0 Å². The van der Waals surface area contributed by atoms with Crippen LogP contribution in [0.5, 0.6) is 0 Å². The van der Waals surface area contributed by atoms with E-state index < -0.39 is 27.8 Å². The summed E-state index contributed by atoms with van der Waals surface area (Å²) >= 11 is 0. The first kappa shape index (κ1) is 29.9. The van der Waals surface area contributed by atoms with E-state index in [1.165, 1.54) is 13.5 Å². The van der Waals surface area contributed by atoms with Crippen molar-refractivity contribution in [3.63, 3.8) is 0 Å². The van der Waals surface area contributed by atoms with E-state index in [-0.39, 0.29) is 62.6 Å². The van der Waals surface area contributed by atoms with Crippen LogP contribution in [0.1, 0.15) is 96.8 Å². The van der Waals surface area contributed by atoms with E-state index in [2.05, 4.69) is 0 Å². The topological polar surface area (TPSA) is 138 Å². The predicted octanol–water partition coefficient (Wildman–Crippen LogP) is 3.44. The smallest absolute Gasteiger partial charge is 0.312 e. The molecule has 0 radical (unpaired) electrons. The fraction of sp³-hybridized carbons (Fsp3) is 0.909. The van der Waals surface area contributed by atoms with Crippen LogP contribution >= 0.6 is 0 Å². The zero-order valence-corrected chi connectivity index (χ0v) is 25.7. The molecule has 240 valence electrons. The van der Waals surface area contributed by atoms with Crippen molar-refractivity contribution in [2.75, 3.05) is 33.5 Å². The molecule has 4 bridgehead atoms. The SMILES string of the molecule is COC(=O)CCC1(C)OCC(COC(=O)CCC2CC3(O)CC4CCCC423)(COC(=O)C23CC4CC(O)(CC4C2)C3)CO1. The van der Waals surface area contributed by atoms with E-state index in [0.717, 1.165) is 51.4 Å². The Morgan fingerprint density at radius 1 is 0.884 bits per heavy atom. The van der Waals surface area contributed by atoms with Crippen LogP contribution in [-0.2, 0) is 38.1 Å². The van der Waals surface area contributed by atoms with Crippen molar-refractivity contribution in [3.8, 4) is 0 Å². The summed E-state index contributed by atoms with van der Waals surface area (Å²) < 4.78 is 28.8. The molecule has 1 heterocycles. The highest BCUT2D eigenvalue weighted by Crippen LogP contribution is 2.77. The van der Waals surface area contributed by atoms with Crippen LogP contribution in [0.15, 0.2) is 0 Å². The number of carbonyl (C=O) groups excluding carboxylic acids is 3. The number of hydrogen-bond donors (Lipinski definition) is 2. The number of methoxy groups -OCH3 is 1. The minimum atomic E-state index is -1.02. The van der Waals surface area contributed by atoms with Gasteiger partial charge in [-0.3, -0.25) is 14.4 Å². The summed E-state index contributed by atoms with van der Waals surface area (Å²) in [6.45, 7) is 1.99. The molecular formula is C33H48O10. The van der Waals surface area contributed by atoms with E-state index in [1.807, 2.05) is 0 Å². The summed E-state index contributed by atoms with van der Waals surface area (Å²) in [5, 5.41) is 21.9. The summed E-state index contributed by atoms with van der Waals surface area (Å²) in [4.78, 5) is 38.3. The van der Waals surface area contributed by atoms with Gasteiger partial charge in [0, 0.05) is 18.3 Å². The molecule has 1 aliphatic heterocycles. The van der Waals surface area contributed by atoms with Crippen molar-refractivity contribution in [2.45, 2.75) is 114 Å². The largest absolute Gasteiger partial charge is 0.469 e. The highest BCUT2D eigenvalue weighted by atomic mass is 16.7. The van der Waals surface area contributed by atoms with Crippen molar-refractivity contribution < 1.29 is 48.3 Å². The Hall–Kier alpha value is -1.75. The van der Waals surface area contributed by atoms with E-state index in [9.17, 15) is 24.6 Å². The average Bonchev–Trinajstić information content (AvgIpc) is 3.58. The Balaban J connectivity index is 0.966. The van der Waals surface area contributed by atoms with Crippen molar-refractivity contribution in [3.05, 3.63) is 0 Å². The van der Waals surface area contributed by atoms with Gasteiger partial charge >= 0.3 is 17.9 Å². The molecule has 6 unspecified atom stereocenters.